The fourth-order valence-electron chi connectivity index (χ4n) is 4.30. The Morgan fingerprint density at radius 2 is 1.96 bits per heavy atom. The van der Waals surface area contributed by atoms with E-state index < -0.39 is 29.4 Å². The van der Waals surface area contributed by atoms with Crippen molar-refractivity contribution in [3.63, 3.8) is 0 Å². The van der Waals surface area contributed by atoms with Crippen molar-refractivity contribution in [2.24, 2.45) is 11.8 Å². The van der Waals surface area contributed by atoms with Crippen LogP contribution in [-0.4, -0.2) is 53.9 Å². The molecular weight excluding hydrogens is 371 g/mol. The Morgan fingerprint density at radius 3 is 2.52 bits per heavy atom. The average molecular weight is 394 g/mol. The van der Waals surface area contributed by atoms with Crippen LogP contribution in [-0.2, 0) is 19.1 Å². The number of esters is 1. The van der Waals surface area contributed by atoms with Gasteiger partial charge in [0.25, 0.3) is 0 Å². The Labute approximate surface area is 161 Å². The van der Waals surface area contributed by atoms with Gasteiger partial charge in [-0.1, -0.05) is 12.1 Å². The molecule has 0 aliphatic carbocycles. The van der Waals surface area contributed by atoms with Crippen molar-refractivity contribution in [1.29, 1.82) is 0 Å². The predicted octanol–water partition coefficient (Wildman–Crippen LogP) is 1.76. The van der Waals surface area contributed by atoms with Crippen LogP contribution in [0.1, 0.15) is 24.9 Å². The maximum Gasteiger partial charge on any atom is 0.326 e. The van der Waals surface area contributed by atoms with Crippen molar-refractivity contribution in [1.82, 2.24) is 10.2 Å². The quantitative estimate of drug-likeness (QED) is 0.585. The van der Waals surface area contributed by atoms with Crippen molar-refractivity contribution in [2.45, 2.75) is 24.9 Å². The standard InChI is InChI=1S/C19H23FN2O4S/c1-4-22-16(23)13-14(17(22)24)19(9-10-27-3,18(25)26-2)21-15(13)11-5-7-12(20)8-6-11/h5-8,13-15,21H,4,9-10H2,1-3H3/t13-,14+,15-,19+/m0/s1. The van der Waals surface area contributed by atoms with Gasteiger partial charge in [0, 0.05) is 12.6 Å². The molecule has 2 amide bonds. The summed E-state index contributed by atoms with van der Waals surface area (Å²) in [4.78, 5) is 40.1. The van der Waals surface area contributed by atoms with E-state index in [2.05, 4.69) is 5.32 Å². The number of hydrogen-bond acceptors (Lipinski definition) is 6. The first-order chi connectivity index (χ1) is 12.9. The maximum absolute atomic E-state index is 13.4. The number of thioether (sulfide) groups is 1. The second-order valence-corrected chi connectivity index (χ2v) is 7.79. The second-order valence-electron chi connectivity index (χ2n) is 6.80. The molecule has 1 aromatic carbocycles. The number of nitrogens with zero attached hydrogens (tertiary/aromatic N) is 1. The molecule has 1 N–H and O–H groups in total. The van der Waals surface area contributed by atoms with Gasteiger partial charge in [0.05, 0.1) is 18.9 Å². The highest BCUT2D eigenvalue weighted by Crippen LogP contribution is 2.50. The maximum atomic E-state index is 13.4. The average Bonchev–Trinajstić information content (AvgIpc) is 3.14. The highest BCUT2D eigenvalue weighted by molar-refractivity contribution is 7.98. The molecule has 0 bridgehead atoms. The Kier molecular flexibility index (Phi) is 5.58. The van der Waals surface area contributed by atoms with Crippen LogP contribution in [0, 0.1) is 17.7 Å². The predicted molar refractivity (Wildman–Crippen MR) is 99.4 cm³/mol. The number of fused-ring (bicyclic) bond motifs is 1. The molecule has 8 heteroatoms. The van der Waals surface area contributed by atoms with Gasteiger partial charge in [0.2, 0.25) is 11.8 Å². The molecule has 0 radical (unpaired) electrons. The molecule has 6 nitrogen and oxygen atoms in total. The van der Waals surface area contributed by atoms with Crippen LogP contribution in [0.4, 0.5) is 4.39 Å². The lowest BCUT2D eigenvalue weighted by Crippen LogP contribution is -2.56. The molecule has 2 aliphatic heterocycles. The number of halogens is 1. The van der Waals surface area contributed by atoms with Gasteiger partial charge >= 0.3 is 5.97 Å². The number of benzene rings is 1. The van der Waals surface area contributed by atoms with Crippen molar-refractivity contribution < 1.29 is 23.5 Å². The summed E-state index contributed by atoms with van der Waals surface area (Å²) in [5.74, 6) is -2.52. The SMILES string of the molecule is CCN1C(=O)[C@@H]2[C@H](c3ccc(F)cc3)N[C@@](CCSC)(C(=O)OC)[C@H]2C1=O. The van der Waals surface area contributed by atoms with Crippen LogP contribution in [0.5, 0.6) is 0 Å². The molecule has 0 unspecified atom stereocenters. The number of carbonyl (C=O) groups excluding carboxylic acids is 3. The molecule has 0 spiro atoms. The van der Waals surface area contributed by atoms with Crippen LogP contribution >= 0.6 is 11.8 Å². The smallest absolute Gasteiger partial charge is 0.326 e. The van der Waals surface area contributed by atoms with E-state index in [-0.39, 0.29) is 24.2 Å². The molecule has 2 heterocycles. The molecule has 2 fully saturated rings. The minimum Gasteiger partial charge on any atom is -0.468 e. The Morgan fingerprint density at radius 1 is 1.30 bits per heavy atom. The molecule has 4 atom stereocenters. The van der Waals surface area contributed by atoms with E-state index in [1.807, 2.05) is 6.26 Å². The normalized spacial score (nSPS) is 29.9. The van der Waals surface area contributed by atoms with Gasteiger partial charge < -0.3 is 4.74 Å². The Hall–Kier alpha value is -1.93. The summed E-state index contributed by atoms with van der Waals surface area (Å²) in [6.45, 7) is 1.99. The highest BCUT2D eigenvalue weighted by atomic mass is 32.2. The Balaban J connectivity index is 2.12. The summed E-state index contributed by atoms with van der Waals surface area (Å²) in [6, 6.07) is 5.22. The molecule has 2 saturated heterocycles. The zero-order valence-corrected chi connectivity index (χ0v) is 16.3. The number of ether oxygens (including phenoxy) is 1. The minimum absolute atomic E-state index is 0.251. The van der Waals surface area contributed by atoms with Crippen LogP contribution < -0.4 is 5.32 Å². The summed E-state index contributed by atoms with van der Waals surface area (Å²) >= 11 is 1.55. The topological polar surface area (TPSA) is 75.7 Å². The summed E-state index contributed by atoms with van der Waals surface area (Å²) in [5, 5.41) is 3.25. The largest absolute Gasteiger partial charge is 0.468 e. The number of hydrogen-bond donors (Lipinski definition) is 1. The van der Waals surface area contributed by atoms with Crippen molar-refractivity contribution >= 4 is 29.5 Å². The first kappa shape index (κ1) is 19.8. The van der Waals surface area contributed by atoms with Gasteiger partial charge in [0.1, 0.15) is 11.4 Å². The van der Waals surface area contributed by atoms with E-state index in [9.17, 15) is 18.8 Å². The van der Waals surface area contributed by atoms with Crippen LogP contribution in [0.2, 0.25) is 0 Å². The van der Waals surface area contributed by atoms with E-state index in [0.29, 0.717) is 17.7 Å². The zero-order chi connectivity index (χ0) is 19.8. The third-order valence-electron chi connectivity index (χ3n) is 5.54. The molecule has 3 rings (SSSR count). The van der Waals surface area contributed by atoms with Crippen molar-refractivity contribution in [3.8, 4) is 0 Å². The Bertz CT molecular complexity index is 757. The second kappa shape index (κ2) is 7.59. The lowest BCUT2D eigenvalue weighted by molar-refractivity contribution is -0.154. The molecule has 27 heavy (non-hydrogen) atoms. The van der Waals surface area contributed by atoms with Gasteiger partial charge in [-0.05, 0) is 43.0 Å². The van der Waals surface area contributed by atoms with E-state index >= 15 is 0 Å². The number of methoxy groups -OCH3 is 1. The van der Waals surface area contributed by atoms with Crippen LogP contribution in [0.15, 0.2) is 24.3 Å². The fourth-order valence-corrected chi connectivity index (χ4v) is 4.82. The van der Waals surface area contributed by atoms with Gasteiger partial charge in [-0.15, -0.1) is 0 Å². The summed E-state index contributed by atoms with van der Waals surface area (Å²) in [6.07, 6.45) is 2.27. The summed E-state index contributed by atoms with van der Waals surface area (Å²) in [5.41, 5.74) is -0.613. The highest BCUT2D eigenvalue weighted by Gasteiger charge is 2.68. The number of rotatable bonds is 6. The van der Waals surface area contributed by atoms with Crippen molar-refractivity contribution in [3.05, 3.63) is 35.6 Å². The van der Waals surface area contributed by atoms with Gasteiger partial charge in [-0.2, -0.15) is 11.8 Å². The van der Waals surface area contributed by atoms with Crippen LogP contribution in [0.25, 0.3) is 0 Å². The lowest BCUT2D eigenvalue weighted by atomic mass is 9.78. The fraction of sp³-hybridized carbons (Fsp3) is 0.526. The molecule has 0 aromatic heterocycles. The number of nitrogens with one attached hydrogen (secondary N) is 1. The van der Waals surface area contributed by atoms with Gasteiger partial charge in [-0.25, -0.2) is 4.39 Å². The van der Waals surface area contributed by atoms with Gasteiger partial charge in [-0.3, -0.25) is 24.6 Å². The molecule has 0 saturated carbocycles. The summed E-state index contributed by atoms with van der Waals surface area (Å²) in [7, 11) is 1.28. The number of carbonyl (C=O) groups is 3. The number of likely N-dealkylation sites (tertiary alicyclic amines) is 1. The molecule has 1 aromatic rings. The summed E-state index contributed by atoms with van der Waals surface area (Å²) < 4.78 is 18.4. The van der Waals surface area contributed by atoms with Crippen LogP contribution in [0.3, 0.4) is 0 Å². The first-order valence-electron chi connectivity index (χ1n) is 8.87. The lowest BCUT2D eigenvalue weighted by Gasteiger charge is -2.32. The van der Waals surface area contributed by atoms with E-state index in [1.165, 1.54) is 24.1 Å². The molecule has 2 aliphatic rings. The van der Waals surface area contributed by atoms with E-state index in [1.54, 1.807) is 30.8 Å². The molecular formula is C19H23FN2O4S. The van der Waals surface area contributed by atoms with E-state index in [4.69, 9.17) is 4.74 Å². The number of amides is 2. The third-order valence-corrected chi connectivity index (χ3v) is 6.15. The monoisotopic (exact) mass is 394 g/mol. The minimum atomic E-state index is -1.28. The zero-order valence-electron chi connectivity index (χ0n) is 15.5. The van der Waals surface area contributed by atoms with Crippen molar-refractivity contribution in [2.75, 3.05) is 25.7 Å². The third kappa shape index (κ3) is 3.04. The first-order valence-corrected chi connectivity index (χ1v) is 10.3. The number of imide groups is 1. The van der Waals surface area contributed by atoms with E-state index in [0.717, 1.165) is 0 Å². The van der Waals surface area contributed by atoms with Gasteiger partial charge in [0.15, 0.2) is 0 Å². The molecule has 146 valence electrons.